The van der Waals surface area contributed by atoms with Crippen LogP contribution in [0.5, 0.6) is 0 Å². The van der Waals surface area contributed by atoms with Crippen molar-refractivity contribution in [1.29, 1.82) is 0 Å². The average Bonchev–Trinajstić information content (AvgIpc) is 3.34. The maximum absolute atomic E-state index is 12.5. The van der Waals surface area contributed by atoms with Crippen LogP contribution in [0.4, 0.5) is 4.79 Å². The molecule has 2 aliphatic rings. The molecule has 168 valence electrons. The van der Waals surface area contributed by atoms with E-state index in [1.165, 1.54) is 11.1 Å². The summed E-state index contributed by atoms with van der Waals surface area (Å²) >= 11 is 0. The highest BCUT2D eigenvalue weighted by molar-refractivity contribution is 5.81. The maximum Gasteiger partial charge on any atom is 0.407 e. The SMILES string of the molecule is CC(CC(=O)O)NC(=O)C1CCC(NC(=O)OCC2c3ccccc3-c3ccccc32)C1. The molecule has 2 aliphatic carbocycles. The van der Waals surface area contributed by atoms with Gasteiger partial charge in [-0.2, -0.15) is 0 Å². The van der Waals surface area contributed by atoms with Gasteiger partial charge in [0, 0.05) is 23.9 Å². The van der Waals surface area contributed by atoms with Crippen LogP contribution in [0, 0.1) is 5.92 Å². The van der Waals surface area contributed by atoms with Gasteiger partial charge >= 0.3 is 12.1 Å². The average molecular weight is 437 g/mol. The predicted octanol–water partition coefficient (Wildman–Crippen LogP) is 3.67. The van der Waals surface area contributed by atoms with Crippen molar-refractivity contribution < 1.29 is 24.2 Å². The van der Waals surface area contributed by atoms with Gasteiger partial charge in [0.1, 0.15) is 6.61 Å². The molecule has 0 aliphatic heterocycles. The van der Waals surface area contributed by atoms with Gasteiger partial charge in [0.05, 0.1) is 6.42 Å². The van der Waals surface area contributed by atoms with Crippen molar-refractivity contribution >= 4 is 18.0 Å². The maximum atomic E-state index is 12.5. The van der Waals surface area contributed by atoms with E-state index < -0.39 is 18.1 Å². The number of alkyl carbamates (subject to hydrolysis) is 1. The summed E-state index contributed by atoms with van der Waals surface area (Å²) in [6.45, 7) is 1.93. The number of fused-ring (bicyclic) bond motifs is 3. The zero-order chi connectivity index (χ0) is 22.7. The number of carboxylic acids is 1. The van der Waals surface area contributed by atoms with Crippen LogP contribution in [0.25, 0.3) is 11.1 Å². The Kier molecular flexibility index (Phi) is 6.44. The fraction of sp³-hybridized carbons (Fsp3) is 0.400. The normalized spacial score (nSPS) is 20.2. The van der Waals surface area contributed by atoms with E-state index in [2.05, 4.69) is 34.9 Å². The van der Waals surface area contributed by atoms with Gasteiger partial charge in [-0.15, -0.1) is 0 Å². The van der Waals surface area contributed by atoms with E-state index in [4.69, 9.17) is 9.84 Å². The molecule has 0 spiro atoms. The summed E-state index contributed by atoms with van der Waals surface area (Å²) in [5.74, 6) is -1.33. The molecule has 32 heavy (non-hydrogen) atoms. The fourth-order valence-electron chi connectivity index (χ4n) is 4.83. The van der Waals surface area contributed by atoms with Gasteiger partial charge in [-0.1, -0.05) is 48.5 Å². The largest absolute Gasteiger partial charge is 0.481 e. The first kappa shape index (κ1) is 21.9. The van der Waals surface area contributed by atoms with Crippen LogP contribution < -0.4 is 10.6 Å². The van der Waals surface area contributed by atoms with Crippen LogP contribution in [-0.2, 0) is 14.3 Å². The number of carbonyl (C=O) groups excluding carboxylic acids is 2. The lowest BCUT2D eigenvalue weighted by atomic mass is 9.98. The van der Waals surface area contributed by atoms with E-state index in [1.54, 1.807) is 6.92 Å². The van der Waals surface area contributed by atoms with Crippen LogP contribution >= 0.6 is 0 Å². The first-order valence-electron chi connectivity index (χ1n) is 11.1. The second kappa shape index (κ2) is 9.42. The van der Waals surface area contributed by atoms with E-state index in [-0.39, 0.29) is 36.8 Å². The Morgan fingerprint density at radius 2 is 1.66 bits per heavy atom. The molecule has 7 heteroatoms. The van der Waals surface area contributed by atoms with E-state index in [1.807, 2.05) is 24.3 Å². The van der Waals surface area contributed by atoms with Crippen molar-refractivity contribution in [2.24, 2.45) is 5.92 Å². The first-order chi connectivity index (χ1) is 15.4. The molecule has 4 rings (SSSR count). The number of amides is 2. The quantitative estimate of drug-likeness (QED) is 0.614. The molecular weight excluding hydrogens is 408 g/mol. The van der Waals surface area contributed by atoms with Crippen molar-refractivity contribution in [3.05, 3.63) is 59.7 Å². The molecule has 3 unspecified atom stereocenters. The van der Waals surface area contributed by atoms with Gasteiger partial charge in [-0.05, 0) is 48.4 Å². The molecule has 0 bridgehead atoms. The van der Waals surface area contributed by atoms with Gasteiger partial charge < -0.3 is 20.5 Å². The van der Waals surface area contributed by atoms with Crippen LogP contribution in [0.3, 0.4) is 0 Å². The van der Waals surface area contributed by atoms with E-state index in [0.717, 1.165) is 11.1 Å². The highest BCUT2D eigenvalue weighted by Crippen LogP contribution is 2.44. The molecule has 7 nitrogen and oxygen atoms in total. The number of nitrogens with one attached hydrogen (secondary N) is 2. The minimum Gasteiger partial charge on any atom is -0.481 e. The Hall–Kier alpha value is -3.35. The van der Waals surface area contributed by atoms with Gasteiger partial charge in [-0.25, -0.2) is 4.79 Å². The third-order valence-electron chi connectivity index (χ3n) is 6.34. The van der Waals surface area contributed by atoms with Gasteiger partial charge in [0.2, 0.25) is 5.91 Å². The molecule has 3 atom stereocenters. The van der Waals surface area contributed by atoms with E-state index in [0.29, 0.717) is 19.3 Å². The molecule has 2 amide bonds. The number of aliphatic carboxylic acids is 1. The summed E-state index contributed by atoms with van der Waals surface area (Å²) < 4.78 is 5.59. The number of rotatable bonds is 7. The molecule has 0 heterocycles. The highest BCUT2D eigenvalue weighted by atomic mass is 16.5. The molecular formula is C25H28N2O5. The zero-order valence-corrected chi connectivity index (χ0v) is 18.0. The lowest BCUT2D eigenvalue weighted by Gasteiger charge is -2.18. The van der Waals surface area contributed by atoms with Crippen molar-refractivity contribution in [1.82, 2.24) is 10.6 Å². The molecule has 1 saturated carbocycles. The summed E-state index contributed by atoms with van der Waals surface area (Å²) in [7, 11) is 0. The van der Waals surface area contributed by atoms with Gasteiger partial charge in [-0.3, -0.25) is 9.59 Å². The van der Waals surface area contributed by atoms with Crippen molar-refractivity contribution in [3.63, 3.8) is 0 Å². The Balaban J connectivity index is 1.28. The first-order valence-corrected chi connectivity index (χ1v) is 11.1. The second-order valence-electron chi connectivity index (χ2n) is 8.68. The molecule has 2 aromatic rings. The van der Waals surface area contributed by atoms with Crippen LogP contribution in [0.15, 0.2) is 48.5 Å². The Labute approximate surface area is 187 Å². The smallest absolute Gasteiger partial charge is 0.407 e. The summed E-state index contributed by atoms with van der Waals surface area (Å²) in [4.78, 5) is 35.6. The summed E-state index contributed by atoms with van der Waals surface area (Å²) in [5, 5.41) is 14.5. The Morgan fingerprint density at radius 3 is 2.28 bits per heavy atom. The molecule has 1 fully saturated rings. The molecule has 0 saturated heterocycles. The minimum absolute atomic E-state index is 0.00553. The van der Waals surface area contributed by atoms with Crippen LogP contribution in [0.1, 0.15) is 49.7 Å². The number of benzene rings is 2. The number of hydrogen-bond acceptors (Lipinski definition) is 4. The monoisotopic (exact) mass is 436 g/mol. The summed E-state index contributed by atoms with van der Waals surface area (Å²) in [6, 6.07) is 15.8. The molecule has 0 radical (unpaired) electrons. The summed E-state index contributed by atoms with van der Waals surface area (Å²) in [6.07, 6.45) is 1.28. The zero-order valence-electron chi connectivity index (χ0n) is 18.0. The molecule has 0 aromatic heterocycles. The Morgan fingerprint density at radius 1 is 1.03 bits per heavy atom. The van der Waals surface area contributed by atoms with Crippen molar-refractivity contribution in [3.8, 4) is 11.1 Å². The number of ether oxygens (including phenoxy) is 1. The fourth-order valence-corrected chi connectivity index (χ4v) is 4.83. The topological polar surface area (TPSA) is 105 Å². The third-order valence-corrected chi connectivity index (χ3v) is 6.34. The minimum atomic E-state index is -0.945. The predicted molar refractivity (Wildman–Crippen MR) is 119 cm³/mol. The van der Waals surface area contributed by atoms with Gasteiger partial charge in [0.25, 0.3) is 0 Å². The van der Waals surface area contributed by atoms with Crippen LogP contribution in [-0.4, -0.2) is 41.8 Å². The highest BCUT2D eigenvalue weighted by Gasteiger charge is 2.33. The number of carboxylic acid groups (broad SMARTS) is 1. The number of hydrogen-bond donors (Lipinski definition) is 3. The van der Waals surface area contributed by atoms with E-state index >= 15 is 0 Å². The standard InChI is InChI=1S/C25H28N2O5/c1-15(12-23(28)29)26-24(30)16-10-11-17(13-16)27-25(31)32-14-22-20-8-4-2-6-18(20)19-7-3-5-9-21(19)22/h2-9,15-17,22H,10-14H2,1H3,(H,26,30)(H,27,31)(H,28,29). The van der Waals surface area contributed by atoms with E-state index in [9.17, 15) is 14.4 Å². The Bertz CT molecular complexity index is 975. The van der Waals surface area contributed by atoms with Crippen molar-refractivity contribution in [2.45, 2.75) is 50.6 Å². The van der Waals surface area contributed by atoms with Gasteiger partial charge in [0.15, 0.2) is 0 Å². The van der Waals surface area contributed by atoms with Crippen LogP contribution in [0.2, 0.25) is 0 Å². The lowest BCUT2D eigenvalue weighted by Crippen LogP contribution is -2.39. The lowest BCUT2D eigenvalue weighted by molar-refractivity contribution is -0.137. The molecule has 3 N–H and O–H groups in total. The second-order valence-corrected chi connectivity index (χ2v) is 8.68. The van der Waals surface area contributed by atoms with Crippen molar-refractivity contribution in [2.75, 3.05) is 6.61 Å². The number of carbonyl (C=O) groups is 3. The third kappa shape index (κ3) is 4.77. The molecule has 2 aromatic carbocycles. The summed E-state index contributed by atoms with van der Waals surface area (Å²) in [5.41, 5.74) is 4.68.